The quantitative estimate of drug-likeness (QED) is 0.455. The van der Waals surface area contributed by atoms with Crippen molar-refractivity contribution in [3.63, 3.8) is 0 Å². The molecule has 1 fully saturated rings. The smallest absolute Gasteiger partial charge is 0.416 e. The molecule has 0 atom stereocenters. The molecule has 1 heterocycles. The van der Waals surface area contributed by atoms with Crippen molar-refractivity contribution in [1.82, 2.24) is 9.21 Å². The second-order valence-electron chi connectivity index (χ2n) is 7.22. The van der Waals surface area contributed by atoms with E-state index in [1.807, 2.05) is 0 Å². The van der Waals surface area contributed by atoms with Gasteiger partial charge in [0, 0.05) is 32.6 Å². The van der Waals surface area contributed by atoms with Crippen molar-refractivity contribution < 1.29 is 35.5 Å². The maximum atomic E-state index is 13.0. The van der Waals surface area contributed by atoms with Crippen molar-refractivity contribution in [2.75, 3.05) is 32.8 Å². The van der Waals surface area contributed by atoms with Crippen molar-refractivity contribution in [1.29, 1.82) is 0 Å². The Morgan fingerprint density at radius 1 is 1.00 bits per heavy atom. The highest BCUT2D eigenvalue weighted by Crippen LogP contribution is 2.31. The normalized spacial score (nSPS) is 15.6. The van der Waals surface area contributed by atoms with Gasteiger partial charge in [-0.2, -0.15) is 17.5 Å². The van der Waals surface area contributed by atoms with Crippen LogP contribution in [0.25, 0.3) is 0 Å². The summed E-state index contributed by atoms with van der Waals surface area (Å²) in [6.45, 7) is 0.742. The van der Waals surface area contributed by atoms with E-state index in [4.69, 9.17) is 4.74 Å². The Bertz CT molecular complexity index is 1030. The molecule has 0 unspecified atom stereocenters. The van der Waals surface area contributed by atoms with Gasteiger partial charge in [-0.1, -0.05) is 6.07 Å². The Morgan fingerprint density at radius 2 is 1.66 bits per heavy atom. The molecule has 0 N–H and O–H groups in total. The molecule has 1 amide bonds. The van der Waals surface area contributed by atoms with Gasteiger partial charge in [0.2, 0.25) is 15.9 Å². The average molecular weight is 474 g/mol. The maximum absolute atomic E-state index is 13.0. The van der Waals surface area contributed by atoms with Crippen LogP contribution < -0.4 is 4.74 Å². The number of hydrogen-bond acceptors (Lipinski definition) is 4. The number of nitrogens with zero attached hydrogens (tertiary/aromatic N) is 2. The summed E-state index contributed by atoms with van der Waals surface area (Å²) >= 11 is 0. The lowest BCUT2D eigenvalue weighted by Crippen LogP contribution is -2.50. The second kappa shape index (κ2) is 9.86. The Morgan fingerprint density at radius 3 is 2.28 bits per heavy atom. The van der Waals surface area contributed by atoms with Crippen LogP contribution >= 0.6 is 0 Å². The fraction of sp³-hybridized carbons (Fsp3) is 0.381. The van der Waals surface area contributed by atoms with E-state index in [-0.39, 0.29) is 55.8 Å². The van der Waals surface area contributed by atoms with Crippen LogP contribution in [0.1, 0.15) is 18.4 Å². The molecule has 1 saturated heterocycles. The Balaban J connectivity index is 1.43. The van der Waals surface area contributed by atoms with Gasteiger partial charge in [-0.15, -0.1) is 0 Å². The van der Waals surface area contributed by atoms with Crippen LogP contribution in [0, 0.1) is 5.82 Å². The van der Waals surface area contributed by atoms with Crippen LogP contribution in [0.3, 0.4) is 0 Å². The highest BCUT2D eigenvalue weighted by atomic mass is 32.2. The third kappa shape index (κ3) is 5.98. The summed E-state index contributed by atoms with van der Waals surface area (Å²) in [6.07, 6.45) is -4.02. The first-order chi connectivity index (χ1) is 15.1. The lowest BCUT2D eigenvalue weighted by Gasteiger charge is -2.34. The van der Waals surface area contributed by atoms with Gasteiger partial charge in [-0.25, -0.2) is 12.8 Å². The number of carbonyl (C=O) groups is 1. The van der Waals surface area contributed by atoms with Gasteiger partial charge in [0.25, 0.3) is 0 Å². The standard InChI is InChI=1S/C21H22F4N2O4S/c22-17-6-8-19(9-7-17)32(29,30)27-12-10-26(11-13-27)20(28)5-2-14-31-18-4-1-3-16(15-18)21(23,24)25/h1,3-4,6-9,15H,2,5,10-14H2. The van der Waals surface area contributed by atoms with Crippen LogP contribution in [0.15, 0.2) is 53.4 Å². The molecule has 0 bridgehead atoms. The SMILES string of the molecule is O=C(CCCOc1cccc(C(F)(F)F)c1)N1CCN(S(=O)(=O)c2ccc(F)cc2)CC1. The van der Waals surface area contributed by atoms with Crippen molar-refractivity contribution in [3.8, 4) is 5.75 Å². The first-order valence-electron chi connectivity index (χ1n) is 9.91. The molecule has 0 spiro atoms. The van der Waals surface area contributed by atoms with Crippen molar-refractivity contribution in [3.05, 3.63) is 59.9 Å². The van der Waals surface area contributed by atoms with Gasteiger partial charge in [0.05, 0.1) is 17.1 Å². The fourth-order valence-electron chi connectivity index (χ4n) is 3.27. The van der Waals surface area contributed by atoms with Crippen LogP contribution in [0.4, 0.5) is 17.6 Å². The summed E-state index contributed by atoms with van der Waals surface area (Å²) in [6, 6.07) is 9.08. The molecule has 0 saturated carbocycles. The summed E-state index contributed by atoms with van der Waals surface area (Å²) in [5, 5.41) is 0. The van der Waals surface area contributed by atoms with Crippen molar-refractivity contribution >= 4 is 15.9 Å². The summed E-state index contributed by atoms with van der Waals surface area (Å²) < 4.78 is 83.0. The van der Waals surface area contributed by atoms with E-state index < -0.39 is 27.6 Å². The van der Waals surface area contributed by atoms with Gasteiger partial charge in [0.1, 0.15) is 11.6 Å². The molecule has 3 rings (SSSR count). The monoisotopic (exact) mass is 474 g/mol. The largest absolute Gasteiger partial charge is 0.494 e. The molecular weight excluding hydrogens is 452 g/mol. The predicted octanol–water partition coefficient (Wildman–Crippen LogP) is 3.54. The van der Waals surface area contributed by atoms with E-state index in [9.17, 15) is 30.8 Å². The molecular formula is C21H22F4N2O4S. The number of halogens is 4. The van der Waals surface area contributed by atoms with Gasteiger partial charge >= 0.3 is 6.18 Å². The van der Waals surface area contributed by atoms with Crippen molar-refractivity contribution in [2.24, 2.45) is 0 Å². The lowest BCUT2D eigenvalue weighted by molar-refractivity contribution is -0.137. The highest BCUT2D eigenvalue weighted by Gasteiger charge is 2.31. The van der Waals surface area contributed by atoms with Crippen LogP contribution in [0.5, 0.6) is 5.75 Å². The third-order valence-electron chi connectivity index (χ3n) is 5.01. The number of rotatable bonds is 7. The molecule has 2 aromatic rings. The topological polar surface area (TPSA) is 66.9 Å². The van der Waals surface area contributed by atoms with Crippen LogP contribution in [-0.4, -0.2) is 56.3 Å². The minimum absolute atomic E-state index is 0.00887. The number of hydrogen-bond donors (Lipinski definition) is 0. The first-order valence-corrected chi connectivity index (χ1v) is 11.3. The molecule has 0 aromatic heterocycles. The molecule has 1 aliphatic rings. The molecule has 6 nitrogen and oxygen atoms in total. The number of piperazine rings is 1. The van der Waals surface area contributed by atoms with E-state index in [1.165, 1.54) is 28.6 Å². The summed E-state index contributed by atoms with van der Waals surface area (Å²) in [7, 11) is -3.76. The molecule has 0 radical (unpaired) electrons. The summed E-state index contributed by atoms with van der Waals surface area (Å²) in [5.41, 5.74) is -0.806. The molecule has 1 aliphatic heterocycles. The molecule has 32 heavy (non-hydrogen) atoms. The number of sulfonamides is 1. The number of alkyl halides is 3. The van der Waals surface area contributed by atoms with Gasteiger partial charge < -0.3 is 9.64 Å². The van der Waals surface area contributed by atoms with Crippen molar-refractivity contribution in [2.45, 2.75) is 23.9 Å². The number of ether oxygens (including phenoxy) is 1. The number of benzene rings is 2. The van der Waals surface area contributed by atoms with Crippen LogP contribution in [0.2, 0.25) is 0 Å². The number of carbonyl (C=O) groups excluding carboxylic acids is 1. The Hall–Kier alpha value is -2.66. The lowest BCUT2D eigenvalue weighted by atomic mass is 10.2. The molecule has 11 heteroatoms. The summed E-state index contributed by atoms with van der Waals surface area (Å²) in [4.78, 5) is 13.9. The summed E-state index contributed by atoms with van der Waals surface area (Å²) in [5.74, 6) is -0.639. The van der Waals surface area contributed by atoms with E-state index in [2.05, 4.69) is 0 Å². The zero-order chi connectivity index (χ0) is 23.4. The highest BCUT2D eigenvalue weighted by molar-refractivity contribution is 7.89. The van der Waals surface area contributed by atoms with E-state index in [0.717, 1.165) is 24.3 Å². The average Bonchev–Trinajstić information content (AvgIpc) is 2.76. The van der Waals surface area contributed by atoms with E-state index in [0.29, 0.717) is 6.42 Å². The van der Waals surface area contributed by atoms with Gasteiger partial charge in [0.15, 0.2) is 0 Å². The zero-order valence-electron chi connectivity index (χ0n) is 17.0. The third-order valence-corrected chi connectivity index (χ3v) is 6.92. The van der Waals surface area contributed by atoms with Crippen LogP contribution in [-0.2, 0) is 21.0 Å². The van der Waals surface area contributed by atoms with Gasteiger partial charge in [-0.05, 0) is 48.9 Å². The van der Waals surface area contributed by atoms with E-state index in [1.54, 1.807) is 4.90 Å². The minimum atomic E-state index is -4.46. The zero-order valence-corrected chi connectivity index (χ0v) is 17.8. The number of amides is 1. The minimum Gasteiger partial charge on any atom is -0.494 e. The Kier molecular flexibility index (Phi) is 7.40. The fourth-order valence-corrected chi connectivity index (χ4v) is 4.69. The first kappa shape index (κ1) is 24.0. The maximum Gasteiger partial charge on any atom is 0.416 e. The molecule has 0 aliphatic carbocycles. The predicted molar refractivity (Wildman–Crippen MR) is 108 cm³/mol. The molecule has 2 aromatic carbocycles. The Labute approximate surface area is 183 Å². The van der Waals surface area contributed by atoms with Gasteiger partial charge in [-0.3, -0.25) is 4.79 Å². The van der Waals surface area contributed by atoms with E-state index >= 15 is 0 Å². The second-order valence-corrected chi connectivity index (χ2v) is 9.15. The molecule has 174 valence electrons.